The Morgan fingerprint density at radius 2 is 1.60 bits per heavy atom. The van der Waals surface area contributed by atoms with Crippen LogP contribution in [0.3, 0.4) is 0 Å². The highest BCUT2D eigenvalue weighted by atomic mass is 32.2. The first-order valence-corrected chi connectivity index (χ1v) is 12.9. The van der Waals surface area contributed by atoms with E-state index in [1.807, 2.05) is 56.3 Å². The molecule has 0 unspecified atom stereocenters. The quantitative estimate of drug-likeness (QED) is 0.359. The van der Waals surface area contributed by atoms with Crippen molar-refractivity contribution in [1.82, 2.24) is 14.1 Å². The number of hydrogen-bond donors (Lipinski definition) is 1. The van der Waals surface area contributed by atoms with E-state index in [-0.39, 0.29) is 17.4 Å². The Bertz CT molecular complexity index is 1400. The monoisotopic (exact) mass is 492 g/mol. The summed E-state index contributed by atoms with van der Waals surface area (Å²) >= 11 is 0. The molecule has 0 bridgehead atoms. The molecule has 0 spiro atoms. The van der Waals surface area contributed by atoms with Gasteiger partial charge in [0.05, 0.1) is 17.0 Å². The van der Waals surface area contributed by atoms with Gasteiger partial charge in [-0.15, -0.1) is 0 Å². The highest BCUT2D eigenvalue weighted by Crippen LogP contribution is 2.24. The van der Waals surface area contributed by atoms with Crippen LogP contribution in [0.2, 0.25) is 0 Å². The third-order valence-electron chi connectivity index (χ3n) is 5.63. The zero-order chi connectivity index (χ0) is 24.8. The molecule has 1 amide bonds. The van der Waals surface area contributed by atoms with Gasteiger partial charge in [-0.2, -0.15) is 9.40 Å². The van der Waals surface area contributed by atoms with E-state index >= 15 is 0 Å². The molecule has 4 aromatic rings. The number of carbonyl (C=O) groups excluding carboxylic acids is 1. The van der Waals surface area contributed by atoms with Gasteiger partial charge in [-0.3, -0.25) is 9.48 Å². The van der Waals surface area contributed by atoms with Gasteiger partial charge in [0, 0.05) is 18.5 Å². The lowest BCUT2D eigenvalue weighted by atomic mass is 10.2. The van der Waals surface area contributed by atoms with E-state index < -0.39 is 10.0 Å². The second-order valence-corrected chi connectivity index (χ2v) is 9.84. The molecular formula is C26H28N4O4S. The maximum absolute atomic E-state index is 12.7. The lowest BCUT2D eigenvalue weighted by molar-refractivity contribution is -0.118. The summed E-state index contributed by atoms with van der Waals surface area (Å²) in [4.78, 5) is 12.8. The smallest absolute Gasteiger partial charge is 0.263 e. The maximum Gasteiger partial charge on any atom is 0.263 e. The van der Waals surface area contributed by atoms with Crippen molar-refractivity contribution in [3.63, 3.8) is 0 Å². The molecule has 0 atom stereocenters. The summed E-state index contributed by atoms with van der Waals surface area (Å²) in [7, 11) is -3.51. The van der Waals surface area contributed by atoms with Gasteiger partial charge in [0.25, 0.3) is 5.91 Å². The van der Waals surface area contributed by atoms with E-state index in [0.717, 1.165) is 16.5 Å². The van der Waals surface area contributed by atoms with Crippen LogP contribution < -0.4 is 10.1 Å². The van der Waals surface area contributed by atoms with Crippen LogP contribution in [0.4, 0.5) is 5.82 Å². The predicted molar refractivity (Wildman–Crippen MR) is 136 cm³/mol. The van der Waals surface area contributed by atoms with Crippen molar-refractivity contribution in [3.8, 4) is 5.75 Å². The third-order valence-corrected chi connectivity index (χ3v) is 7.69. The van der Waals surface area contributed by atoms with Gasteiger partial charge in [0.2, 0.25) is 10.0 Å². The number of amides is 1. The molecule has 0 aliphatic heterocycles. The molecular weight excluding hydrogens is 464 g/mol. The molecule has 1 heterocycles. The molecule has 1 N–H and O–H groups in total. The molecule has 8 nitrogen and oxygen atoms in total. The zero-order valence-electron chi connectivity index (χ0n) is 19.7. The number of para-hydroxylation sites is 2. The number of sulfonamides is 1. The Labute approximate surface area is 205 Å². The van der Waals surface area contributed by atoms with Gasteiger partial charge < -0.3 is 10.1 Å². The number of aromatic nitrogens is 2. The van der Waals surface area contributed by atoms with Crippen molar-refractivity contribution in [1.29, 1.82) is 0 Å². The van der Waals surface area contributed by atoms with E-state index in [0.29, 0.717) is 31.2 Å². The van der Waals surface area contributed by atoms with Crippen LogP contribution in [0, 0.1) is 0 Å². The molecule has 0 fully saturated rings. The second-order valence-electron chi connectivity index (χ2n) is 7.91. The first-order chi connectivity index (χ1) is 16.9. The topological polar surface area (TPSA) is 93.5 Å². The molecule has 35 heavy (non-hydrogen) atoms. The van der Waals surface area contributed by atoms with Crippen LogP contribution >= 0.6 is 0 Å². The molecule has 9 heteroatoms. The summed E-state index contributed by atoms with van der Waals surface area (Å²) in [5.74, 6) is 0.753. The van der Waals surface area contributed by atoms with E-state index in [9.17, 15) is 13.2 Å². The minimum absolute atomic E-state index is 0.131. The highest BCUT2D eigenvalue weighted by molar-refractivity contribution is 7.89. The van der Waals surface area contributed by atoms with Crippen LogP contribution in [0.25, 0.3) is 10.9 Å². The van der Waals surface area contributed by atoms with Crippen molar-refractivity contribution < 1.29 is 17.9 Å². The minimum Gasteiger partial charge on any atom is -0.484 e. The molecule has 0 saturated carbocycles. The summed E-state index contributed by atoms with van der Waals surface area (Å²) in [6, 6.07) is 23.6. The number of nitrogens with zero attached hydrogens (tertiary/aromatic N) is 3. The summed E-state index contributed by atoms with van der Waals surface area (Å²) < 4.78 is 34.2. The predicted octanol–water partition coefficient (Wildman–Crippen LogP) is 4.13. The fraction of sp³-hybridized carbons (Fsp3) is 0.231. The van der Waals surface area contributed by atoms with Crippen LogP contribution in [0.1, 0.15) is 19.4 Å². The molecule has 3 aromatic carbocycles. The fourth-order valence-corrected chi connectivity index (χ4v) is 5.28. The van der Waals surface area contributed by atoms with Gasteiger partial charge in [0.15, 0.2) is 12.4 Å². The van der Waals surface area contributed by atoms with E-state index in [2.05, 4.69) is 10.4 Å². The normalized spacial score (nSPS) is 11.6. The maximum atomic E-state index is 12.7. The average molecular weight is 493 g/mol. The van der Waals surface area contributed by atoms with Crippen LogP contribution in [0.5, 0.6) is 5.75 Å². The van der Waals surface area contributed by atoms with Gasteiger partial charge in [-0.1, -0.05) is 56.3 Å². The summed E-state index contributed by atoms with van der Waals surface area (Å²) in [5, 5.41) is 8.25. The number of nitrogens with one attached hydrogen (secondary N) is 1. The van der Waals surface area contributed by atoms with Gasteiger partial charge in [-0.25, -0.2) is 8.42 Å². The number of anilines is 1. The summed E-state index contributed by atoms with van der Waals surface area (Å²) in [6.07, 6.45) is 0. The largest absolute Gasteiger partial charge is 0.484 e. The molecule has 0 radical (unpaired) electrons. The Morgan fingerprint density at radius 1 is 0.943 bits per heavy atom. The van der Waals surface area contributed by atoms with Crippen molar-refractivity contribution in [2.45, 2.75) is 25.3 Å². The second kappa shape index (κ2) is 10.7. The Hall–Kier alpha value is -3.69. The number of ether oxygens (including phenoxy) is 1. The standard InChI is InChI=1S/C26H28N4O4S/c1-3-29(4-2)35(32,33)22-16-14-20(15-17-22)18-30-24-13-9-8-12-23(24)26(28-30)27-25(31)19-34-21-10-6-5-7-11-21/h5-17H,3-4,18-19H2,1-2H3,(H,27,28,31). The molecule has 0 saturated heterocycles. The minimum atomic E-state index is -3.51. The summed E-state index contributed by atoms with van der Waals surface area (Å²) in [6.45, 7) is 4.77. The van der Waals surface area contributed by atoms with Gasteiger partial charge >= 0.3 is 0 Å². The number of rotatable bonds is 10. The van der Waals surface area contributed by atoms with E-state index in [4.69, 9.17) is 4.74 Å². The van der Waals surface area contributed by atoms with E-state index in [1.165, 1.54) is 4.31 Å². The van der Waals surface area contributed by atoms with Crippen molar-refractivity contribution in [2.24, 2.45) is 0 Å². The van der Waals surface area contributed by atoms with Gasteiger partial charge in [-0.05, 0) is 42.0 Å². The van der Waals surface area contributed by atoms with Crippen molar-refractivity contribution >= 4 is 32.7 Å². The number of fused-ring (bicyclic) bond motifs is 1. The Balaban J connectivity index is 1.51. The molecule has 0 aliphatic rings. The average Bonchev–Trinajstić information content (AvgIpc) is 3.21. The lowest BCUT2D eigenvalue weighted by Crippen LogP contribution is -2.30. The van der Waals surface area contributed by atoms with E-state index in [1.54, 1.807) is 41.1 Å². The third kappa shape index (κ3) is 5.52. The van der Waals surface area contributed by atoms with Crippen LogP contribution in [-0.2, 0) is 21.4 Å². The fourth-order valence-electron chi connectivity index (χ4n) is 3.83. The van der Waals surface area contributed by atoms with Crippen LogP contribution in [-0.4, -0.2) is 48.1 Å². The van der Waals surface area contributed by atoms with Gasteiger partial charge in [0.1, 0.15) is 5.75 Å². The Morgan fingerprint density at radius 3 is 2.29 bits per heavy atom. The summed E-state index contributed by atoms with van der Waals surface area (Å²) in [5.41, 5.74) is 1.74. The van der Waals surface area contributed by atoms with Crippen LogP contribution in [0.15, 0.2) is 83.8 Å². The molecule has 182 valence electrons. The number of hydrogen-bond acceptors (Lipinski definition) is 5. The number of benzene rings is 3. The zero-order valence-corrected chi connectivity index (χ0v) is 20.5. The molecule has 4 rings (SSSR count). The molecule has 1 aromatic heterocycles. The van der Waals surface area contributed by atoms with Crippen molar-refractivity contribution in [2.75, 3.05) is 25.0 Å². The highest BCUT2D eigenvalue weighted by Gasteiger charge is 2.21. The Kier molecular flexibility index (Phi) is 7.48. The lowest BCUT2D eigenvalue weighted by Gasteiger charge is -2.18. The molecule has 0 aliphatic carbocycles. The van der Waals surface area contributed by atoms with Crippen molar-refractivity contribution in [3.05, 3.63) is 84.4 Å². The first kappa shape index (κ1) is 24.4. The SMILES string of the molecule is CCN(CC)S(=O)(=O)c1ccc(Cn2nc(NC(=O)COc3ccccc3)c3ccccc32)cc1. The first-order valence-electron chi connectivity index (χ1n) is 11.4. The number of carbonyl (C=O) groups is 1.